The summed E-state index contributed by atoms with van der Waals surface area (Å²) in [5, 5.41) is 3.38. The molecule has 2 saturated heterocycles. The molecule has 0 spiro atoms. The van der Waals surface area contributed by atoms with Crippen molar-refractivity contribution >= 4 is 18.3 Å². The van der Waals surface area contributed by atoms with Crippen LogP contribution in [0.3, 0.4) is 0 Å². The molecule has 3 aliphatic rings. The maximum Gasteiger partial charge on any atom is 0.227 e. The second-order valence-electron chi connectivity index (χ2n) is 8.22. The summed E-state index contributed by atoms with van der Waals surface area (Å²) in [6.07, 6.45) is 5.91. The molecule has 2 heterocycles. The minimum Gasteiger partial charge on any atom is -0.339 e. The Morgan fingerprint density at radius 2 is 2.00 bits per heavy atom. The number of likely N-dealkylation sites (tertiary alicyclic amines) is 1. The molecule has 3 atom stereocenters. The SMILES string of the molecule is CC1(C)CC2CC(C)(CN2C(=O)[C@@H]2CCCNC2)C1.Cl. The maximum atomic E-state index is 12.8. The van der Waals surface area contributed by atoms with Gasteiger partial charge in [0.1, 0.15) is 0 Å². The number of carbonyl (C=O) groups is 1. The van der Waals surface area contributed by atoms with Gasteiger partial charge in [-0.2, -0.15) is 0 Å². The summed E-state index contributed by atoms with van der Waals surface area (Å²) in [5.74, 6) is 0.665. The van der Waals surface area contributed by atoms with Crippen LogP contribution in [-0.2, 0) is 4.79 Å². The summed E-state index contributed by atoms with van der Waals surface area (Å²) < 4.78 is 0. The number of amides is 1. The minimum atomic E-state index is 0. The Balaban J connectivity index is 0.00000147. The minimum absolute atomic E-state index is 0. The highest BCUT2D eigenvalue weighted by Crippen LogP contribution is 2.52. The lowest BCUT2D eigenvalue weighted by molar-refractivity contribution is -0.137. The van der Waals surface area contributed by atoms with Crippen molar-refractivity contribution in [2.45, 2.75) is 58.9 Å². The van der Waals surface area contributed by atoms with E-state index in [2.05, 4.69) is 31.0 Å². The van der Waals surface area contributed by atoms with Crippen LogP contribution < -0.4 is 5.32 Å². The predicted octanol–water partition coefficient (Wildman–Crippen LogP) is 2.84. The standard InChI is InChI=1S/C16H28N2O.ClH/c1-15(2)7-13-8-16(3,10-15)11-18(13)14(19)12-5-4-6-17-9-12;/h12-13,17H,4-11H2,1-3H3;1H/t12-,13?,16?;/m1./s1. The van der Waals surface area contributed by atoms with Crippen molar-refractivity contribution in [3.05, 3.63) is 0 Å². The third-order valence-electron chi connectivity index (χ3n) is 5.34. The molecule has 1 saturated carbocycles. The number of hydrogen-bond donors (Lipinski definition) is 1. The van der Waals surface area contributed by atoms with Crippen LogP contribution in [0.25, 0.3) is 0 Å². The van der Waals surface area contributed by atoms with Crippen LogP contribution in [0.4, 0.5) is 0 Å². The first kappa shape index (κ1) is 16.1. The highest BCUT2D eigenvalue weighted by Gasteiger charge is 2.51. The van der Waals surface area contributed by atoms with E-state index in [-0.39, 0.29) is 18.3 Å². The molecule has 2 aliphatic heterocycles. The van der Waals surface area contributed by atoms with Gasteiger partial charge in [-0.3, -0.25) is 4.79 Å². The van der Waals surface area contributed by atoms with Crippen LogP contribution >= 0.6 is 12.4 Å². The fourth-order valence-corrected chi connectivity index (χ4v) is 5.01. The van der Waals surface area contributed by atoms with Crippen LogP contribution in [0.2, 0.25) is 0 Å². The molecule has 3 rings (SSSR count). The van der Waals surface area contributed by atoms with E-state index in [1.54, 1.807) is 0 Å². The van der Waals surface area contributed by atoms with Crippen molar-refractivity contribution in [3.8, 4) is 0 Å². The van der Waals surface area contributed by atoms with Crippen LogP contribution in [0.5, 0.6) is 0 Å². The van der Waals surface area contributed by atoms with Crippen molar-refractivity contribution < 1.29 is 4.79 Å². The zero-order chi connectivity index (χ0) is 13.7. The number of carbonyl (C=O) groups excluding carboxylic acids is 1. The molecule has 116 valence electrons. The van der Waals surface area contributed by atoms with Crippen molar-refractivity contribution in [3.63, 3.8) is 0 Å². The Morgan fingerprint density at radius 1 is 1.25 bits per heavy atom. The zero-order valence-electron chi connectivity index (χ0n) is 13.1. The summed E-state index contributed by atoms with van der Waals surface area (Å²) in [7, 11) is 0. The monoisotopic (exact) mass is 300 g/mol. The highest BCUT2D eigenvalue weighted by molar-refractivity contribution is 5.85. The Morgan fingerprint density at radius 3 is 2.65 bits per heavy atom. The van der Waals surface area contributed by atoms with Gasteiger partial charge >= 0.3 is 0 Å². The molecule has 0 aromatic rings. The normalized spacial score (nSPS) is 39.2. The molecule has 1 aliphatic carbocycles. The van der Waals surface area contributed by atoms with E-state index >= 15 is 0 Å². The predicted molar refractivity (Wildman–Crippen MR) is 84.1 cm³/mol. The lowest BCUT2D eigenvalue weighted by atomic mass is 9.65. The first-order valence-corrected chi connectivity index (χ1v) is 7.90. The lowest BCUT2D eigenvalue weighted by Crippen LogP contribution is -2.45. The van der Waals surface area contributed by atoms with Crippen LogP contribution in [0.1, 0.15) is 52.9 Å². The van der Waals surface area contributed by atoms with Gasteiger partial charge in [-0.05, 0) is 49.5 Å². The summed E-state index contributed by atoms with van der Waals surface area (Å²) in [4.78, 5) is 15.0. The molecule has 0 aromatic carbocycles. The number of fused-ring (bicyclic) bond motifs is 2. The average Bonchev–Trinajstić information content (AvgIpc) is 2.59. The number of halogens is 1. The van der Waals surface area contributed by atoms with Crippen LogP contribution in [0.15, 0.2) is 0 Å². The molecule has 2 unspecified atom stereocenters. The van der Waals surface area contributed by atoms with Gasteiger partial charge in [0.15, 0.2) is 0 Å². The number of piperidine rings is 1. The van der Waals surface area contributed by atoms with Gasteiger partial charge in [0.05, 0.1) is 5.92 Å². The van der Waals surface area contributed by atoms with Crippen molar-refractivity contribution in [1.82, 2.24) is 10.2 Å². The average molecular weight is 301 g/mol. The van der Waals surface area contributed by atoms with E-state index in [0.717, 1.165) is 32.5 Å². The molecule has 4 heteroatoms. The van der Waals surface area contributed by atoms with Crippen LogP contribution in [-0.4, -0.2) is 36.5 Å². The summed E-state index contributed by atoms with van der Waals surface area (Å²) in [6.45, 7) is 10.1. The molecular formula is C16H29ClN2O. The second-order valence-corrected chi connectivity index (χ2v) is 8.22. The van der Waals surface area contributed by atoms with Gasteiger partial charge in [0, 0.05) is 19.1 Å². The van der Waals surface area contributed by atoms with Gasteiger partial charge in [0.2, 0.25) is 5.91 Å². The fourth-order valence-electron chi connectivity index (χ4n) is 5.01. The summed E-state index contributed by atoms with van der Waals surface area (Å²) >= 11 is 0. The third kappa shape index (κ3) is 2.99. The number of rotatable bonds is 1. The van der Waals surface area contributed by atoms with E-state index in [1.165, 1.54) is 19.3 Å². The highest BCUT2D eigenvalue weighted by atomic mass is 35.5. The van der Waals surface area contributed by atoms with Gasteiger partial charge < -0.3 is 10.2 Å². The molecule has 0 aromatic heterocycles. The molecule has 20 heavy (non-hydrogen) atoms. The first-order valence-electron chi connectivity index (χ1n) is 7.90. The molecule has 3 fully saturated rings. The van der Waals surface area contributed by atoms with Gasteiger partial charge in [-0.25, -0.2) is 0 Å². The zero-order valence-corrected chi connectivity index (χ0v) is 13.9. The third-order valence-corrected chi connectivity index (χ3v) is 5.34. The van der Waals surface area contributed by atoms with E-state index in [1.807, 2.05) is 0 Å². The number of hydrogen-bond acceptors (Lipinski definition) is 2. The van der Waals surface area contributed by atoms with Crippen molar-refractivity contribution in [2.24, 2.45) is 16.7 Å². The van der Waals surface area contributed by atoms with E-state index in [0.29, 0.717) is 22.8 Å². The van der Waals surface area contributed by atoms with E-state index < -0.39 is 0 Å². The van der Waals surface area contributed by atoms with E-state index in [9.17, 15) is 4.79 Å². The molecule has 1 amide bonds. The van der Waals surface area contributed by atoms with Gasteiger partial charge in [-0.15, -0.1) is 12.4 Å². The summed E-state index contributed by atoms with van der Waals surface area (Å²) in [5.41, 5.74) is 0.766. The molecule has 0 radical (unpaired) electrons. The topological polar surface area (TPSA) is 32.3 Å². The first-order chi connectivity index (χ1) is 8.89. The van der Waals surface area contributed by atoms with Crippen LogP contribution in [0, 0.1) is 16.7 Å². The number of nitrogens with zero attached hydrogens (tertiary/aromatic N) is 1. The van der Waals surface area contributed by atoms with Gasteiger partial charge in [-0.1, -0.05) is 20.8 Å². The smallest absolute Gasteiger partial charge is 0.227 e. The fraction of sp³-hybridized carbons (Fsp3) is 0.938. The second kappa shape index (κ2) is 5.49. The van der Waals surface area contributed by atoms with Gasteiger partial charge in [0.25, 0.3) is 0 Å². The Hall–Kier alpha value is -0.280. The van der Waals surface area contributed by atoms with Crippen molar-refractivity contribution in [1.29, 1.82) is 0 Å². The van der Waals surface area contributed by atoms with Crippen molar-refractivity contribution in [2.75, 3.05) is 19.6 Å². The molecule has 2 bridgehead atoms. The Bertz CT molecular complexity index is 379. The Labute approximate surface area is 129 Å². The number of nitrogens with one attached hydrogen (secondary N) is 1. The molecule has 1 N–H and O–H groups in total. The maximum absolute atomic E-state index is 12.8. The molecular weight excluding hydrogens is 272 g/mol. The lowest BCUT2D eigenvalue weighted by Gasteiger charge is -2.39. The summed E-state index contributed by atoms with van der Waals surface area (Å²) in [6, 6.07) is 0.503. The Kier molecular flexibility index (Phi) is 4.42. The van der Waals surface area contributed by atoms with E-state index in [4.69, 9.17) is 0 Å². The molecule has 3 nitrogen and oxygen atoms in total. The quantitative estimate of drug-likeness (QED) is 0.807. The largest absolute Gasteiger partial charge is 0.339 e.